The van der Waals surface area contributed by atoms with Gasteiger partial charge in [0.2, 0.25) is 0 Å². The predicted octanol–water partition coefficient (Wildman–Crippen LogP) is 5.59. The van der Waals surface area contributed by atoms with Gasteiger partial charge in [-0.1, -0.05) is 23.7 Å². The van der Waals surface area contributed by atoms with Gasteiger partial charge in [-0.3, -0.25) is 9.59 Å². The predicted molar refractivity (Wildman–Crippen MR) is 120 cm³/mol. The molecule has 0 atom stereocenters. The molecule has 0 saturated carbocycles. The topological polar surface area (TPSA) is 49.4 Å². The van der Waals surface area contributed by atoms with Crippen LogP contribution < -0.4 is 5.32 Å². The Hall–Kier alpha value is -2.76. The van der Waals surface area contributed by atoms with Crippen molar-refractivity contribution in [2.45, 2.75) is 10.6 Å². The summed E-state index contributed by atoms with van der Waals surface area (Å²) in [5.74, 6) is 0.550. The number of halogens is 1. The first-order chi connectivity index (χ1) is 13.9. The number of carbonyl (C=O) groups is 2. The van der Waals surface area contributed by atoms with Crippen molar-refractivity contribution in [3.63, 3.8) is 0 Å². The maximum absolute atomic E-state index is 12.5. The van der Waals surface area contributed by atoms with E-state index < -0.39 is 0 Å². The van der Waals surface area contributed by atoms with Crippen molar-refractivity contribution in [2.75, 3.05) is 19.4 Å². The van der Waals surface area contributed by atoms with E-state index in [1.54, 1.807) is 50.1 Å². The Morgan fingerprint density at radius 2 is 1.45 bits per heavy atom. The Labute approximate surface area is 179 Å². The fourth-order valence-electron chi connectivity index (χ4n) is 2.61. The Morgan fingerprint density at radius 1 is 0.862 bits per heavy atom. The first-order valence-electron chi connectivity index (χ1n) is 9.03. The molecular formula is C23H21ClN2O2S. The van der Waals surface area contributed by atoms with Gasteiger partial charge in [-0.15, -0.1) is 11.8 Å². The highest BCUT2D eigenvalue weighted by Crippen LogP contribution is 2.24. The number of rotatable bonds is 6. The summed E-state index contributed by atoms with van der Waals surface area (Å²) in [4.78, 5) is 27.0. The first kappa shape index (κ1) is 21.0. The SMILES string of the molecule is CN(C)C(=O)c1ccc(NC(=O)c2ccc(CSc3ccc(Cl)cc3)cc2)cc1. The van der Waals surface area contributed by atoms with E-state index in [-0.39, 0.29) is 11.8 Å². The zero-order chi connectivity index (χ0) is 20.8. The number of thioether (sulfide) groups is 1. The number of amides is 2. The van der Waals surface area contributed by atoms with E-state index in [1.807, 2.05) is 48.5 Å². The van der Waals surface area contributed by atoms with Crippen molar-refractivity contribution in [3.8, 4) is 0 Å². The normalized spacial score (nSPS) is 10.4. The molecule has 6 heteroatoms. The van der Waals surface area contributed by atoms with E-state index in [2.05, 4.69) is 5.32 Å². The summed E-state index contributed by atoms with van der Waals surface area (Å²) in [6.45, 7) is 0. The highest BCUT2D eigenvalue weighted by atomic mass is 35.5. The second kappa shape index (κ2) is 9.63. The molecule has 148 valence electrons. The van der Waals surface area contributed by atoms with Crippen molar-refractivity contribution in [2.24, 2.45) is 0 Å². The molecule has 0 heterocycles. The summed E-state index contributed by atoms with van der Waals surface area (Å²) >= 11 is 7.62. The summed E-state index contributed by atoms with van der Waals surface area (Å²) in [5.41, 5.74) is 2.94. The summed E-state index contributed by atoms with van der Waals surface area (Å²) in [6, 6.07) is 22.1. The van der Waals surface area contributed by atoms with Gasteiger partial charge in [-0.05, 0) is 66.2 Å². The van der Waals surface area contributed by atoms with Crippen LogP contribution in [0.1, 0.15) is 26.3 Å². The third-order valence-electron chi connectivity index (χ3n) is 4.23. The zero-order valence-electron chi connectivity index (χ0n) is 16.2. The molecule has 0 unspecified atom stereocenters. The van der Waals surface area contributed by atoms with Crippen LogP contribution in [0.4, 0.5) is 5.69 Å². The molecule has 0 bridgehead atoms. The average Bonchev–Trinajstić information content (AvgIpc) is 2.73. The number of anilines is 1. The van der Waals surface area contributed by atoms with Crippen LogP contribution in [-0.2, 0) is 5.75 Å². The Morgan fingerprint density at radius 3 is 2.03 bits per heavy atom. The lowest BCUT2D eigenvalue weighted by molar-refractivity contribution is 0.0827. The molecule has 4 nitrogen and oxygen atoms in total. The monoisotopic (exact) mass is 424 g/mol. The molecule has 0 aromatic heterocycles. The van der Waals surface area contributed by atoms with Gasteiger partial charge < -0.3 is 10.2 Å². The van der Waals surface area contributed by atoms with E-state index in [1.165, 1.54) is 4.90 Å². The second-order valence-electron chi connectivity index (χ2n) is 6.67. The lowest BCUT2D eigenvalue weighted by Gasteiger charge is -2.11. The third kappa shape index (κ3) is 5.86. The number of carbonyl (C=O) groups excluding carboxylic acids is 2. The van der Waals surface area contributed by atoms with Gasteiger partial charge in [0.15, 0.2) is 0 Å². The lowest BCUT2D eigenvalue weighted by atomic mass is 10.1. The zero-order valence-corrected chi connectivity index (χ0v) is 17.8. The van der Waals surface area contributed by atoms with Crippen LogP contribution in [0.3, 0.4) is 0 Å². The maximum atomic E-state index is 12.5. The van der Waals surface area contributed by atoms with Gasteiger partial charge in [0.1, 0.15) is 0 Å². The molecule has 1 N–H and O–H groups in total. The van der Waals surface area contributed by atoms with Gasteiger partial charge in [0.05, 0.1) is 0 Å². The van der Waals surface area contributed by atoms with Gasteiger partial charge in [0, 0.05) is 46.6 Å². The summed E-state index contributed by atoms with van der Waals surface area (Å²) in [7, 11) is 3.41. The lowest BCUT2D eigenvalue weighted by Crippen LogP contribution is -2.21. The van der Waals surface area contributed by atoms with Crippen LogP contribution in [0.25, 0.3) is 0 Å². The standard InChI is InChI=1S/C23H21ClN2O2S/c1-26(2)23(28)18-7-11-20(12-8-18)25-22(27)17-5-3-16(4-6-17)15-29-21-13-9-19(24)10-14-21/h3-14H,15H2,1-2H3,(H,25,27). The van der Waals surface area contributed by atoms with E-state index in [0.717, 1.165) is 21.2 Å². The fraction of sp³-hybridized carbons (Fsp3) is 0.130. The Bertz CT molecular complexity index is 985. The van der Waals surface area contributed by atoms with Crippen molar-refractivity contribution in [3.05, 3.63) is 94.5 Å². The molecule has 0 aliphatic heterocycles. The van der Waals surface area contributed by atoms with E-state index in [4.69, 9.17) is 11.6 Å². The van der Waals surface area contributed by atoms with Crippen LogP contribution in [0, 0.1) is 0 Å². The van der Waals surface area contributed by atoms with Crippen LogP contribution in [0.2, 0.25) is 5.02 Å². The minimum atomic E-state index is -0.186. The summed E-state index contributed by atoms with van der Waals surface area (Å²) < 4.78 is 0. The second-order valence-corrected chi connectivity index (χ2v) is 8.16. The molecule has 0 aliphatic carbocycles. The number of hydrogen-bond donors (Lipinski definition) is 1. The maximum Gasteiger partial charge on any atom is 0.255 e. The van der Waals surface area contributed by atoms with Crippen LogP contribution in [0.5, 0.6) is 0 Å². The first-order valence-corrected chi connectivity index (χ1v) is 10.4. The quantitative estimate of drug-likeness (QED) is 0.525. The van der Waals surface area contributed by atoms with Gasteiger partial charge in [0.25, 0.3) is 11.8 Å². The van der Waals surface area contributed by atoms with E-state index in [9.17, 15) is 9.59 Å². The molecule has 3 aromatic carbocycles. The molecule has 0 aliphatic rings. The molecule has 3 aromatic rings. The largest absolute Gasteiger partial charge is 0.345 e. The Kier molecular flexibility index (Phi) is 6.96. The van der Waals surface area contributed by atoms with Gasteiger partial charge in [-0.2, -0.15) is 0 Å². The molecular weight excluding hydrogens is 404 g/mol. The van der Waals surface area contributed by atoms with Crippen molar-refractivity contribution < 1.29 is 9.59 Å². The van der Waals surface area contributed by atoms with E-state index in [0.29, 0.717) is 16.8 Å². The molecule has 29 heavy (non-hydrogen) atoms. The number of benzene rings is 3. The van der Waals surface area contributed by atoms with E-state index >= 15 is 0 Å². The number of nitrogens with zero attached hydrogens (tertiary/aromatic N) is 1. The van der Waals surface area contributed by atoms with Crippen molar-refractivity contribution >= 4 is 40.9 Å². The molecule has 0 spiro atoms. The minimum Gasteiger partial charge on any atom is -0.345 e. The van der Waals surface area contributed by atoms with Crippen LogP contribution >= 0.6 is 23.4 Å². The van der Waals surface area contributed by atoms with Gasteiger partial charge in [-0.25, -0.2) is 0 Å². The highest BCUT2D eigenvalue weighted by Gasteiger charge is 2.09. The number of nitrogens with one attached hydrogen (secondary N) is 1. The molecule has 0 saturated heterocycles. The minimum absolute atomic E-state index is 0.0741. The number of hydrogen-bond acceptors (Lipinski definition) is 3. The highest BCUT2D eigenvalue weighted by molar-refractivity contribution is 7.98. The Balaban J connectivity index is 1.57. The molecule has 2 amide bonds. The van der Waals surface area contributed by atoms with Crippen molar-refractivity contribution in [1.29, 1.82) is 0 Å². The smallest absolute Gasteiger partial charge is 0.255 e. The van der Waals surface area contributed by atoms with Crippen molar-refractivity contribution in [1.82, 2.24) is 4.90 Å². The molecule has 0 radical (unpaired) electrons. The summed E-state index contributed by atoms with van der Waals surface area (Å²) in [5, 5.41) is 3.58. The fourth-order valence-corrected chi connectivity index (χ4v) is 3.59. The van der Waals surface area contributed by atoms with Crippen LogP contribution in [-0.4, -0.2) is 30.8 Å². The van der Waals surface area contributed by atoms with Gasteiger partial charge >= 0.3 is 0 Å². The third-order valence-corrected chi connectivity index (χ3v) is 5.57. The average molecular weight is 425 g/mol. The molecule has 3 rings (SSSR count). The molecule has 0 fully saturated rings. The van der Waals surface area contributed by atoms with Crippen LogP contribution in [0.15, 0.2) is 77.7 Å². The summed E-state index contributed by atoms with van der Waals surface area (Å²) in [6.07, 6.45) is 0.